The number of hydrogen-bond donors (Lipinski definition) is 1. The second kappa shape index (κ2) is 18.7. The van der Waals surface area contributed by atoms with Crippen LogP contribution in [-0.2, 0) is 18.9 Å². The molecule has 0 spiro atoms. The highest BCUT2D eigenvalue weighted by molar-refractivity contribution is 5.60. The fraction of sp³-hybridized carbons (Fsp3) is 0.926. The van der Waals surface area contributed by atoms with Crippen molar-refractivity contribution in [1.29, 1.82) is 0 Å². The minimum atomic E-state index is -0.672. The van der Waals surface area contributed by atoms with E-state index in [2.05, 4.69) is 55.4 Å². The van der Waals surface area contributed by atoms with Crippen LogP contribution in [0.15, 0.2) is 0 Å². The Balaban J connectivity index is 4.55. The number of carbonyl (C=O) groups is 2. The summed E-state index contributed by atoms with van der Waals surface area (Å²) >= 11 is 0. The summed E-state index contributed by atoms with van der Waals surface area (Å²) in [4.78, 5) is 26.2. The lowest BCUT2D eigenvalue weighted by Crippen LogP contribution is -2.37. The van der Waals surface area contributed by atoms with Crippen molar-refractivity contribution in [1.82, 2.24) is 4.90 Å². The number of hydrogen-bond acceptors (Lipinski definition) is 8. The number of nitrogens with zero attached hydrogens (tertiary/aromatic N) is 1. The Morgan fingerprint density at radius 3 is 1.20 bits per heavy atom. The van der Waals surface area contributed by atoms with Crippen LogP contribution in [0.3, 0.4) is 0 Å². The van der Waals surface area contributed by atoms with E-state index in [1.165, 1.54) is 0 Å². The Kier molecular flexibility index (Phi) is 17.9. The molecule has 0 bridgehead atoms. The van der Waals surface area contributed by atoms with Crippen molar-refractivity contribution in [2.45, 2.75) is 106 Å². The molecule has 8 nitrogen and oxygen atoms in total. The molecule has 0 saturated carbocycles. The monoisotopic (exact) mass is 503 g/mol. The third-order valence-corrected chi connectivity index (χ3v) is 5.24. The Morgan fingerprint density at radius 2 is 0.943 bits per heavy atom. The van der Waals surface area contributed by atoms with Crippen molar-refractivity contribution >= 4 is 12.3 Å². The fourth-order valence-corrected chi connectivity index (χ4v) is 4.01. The largest absolute Gasteiger partial charge is 0.508 e. The molecule has 0 saturated heterocycles. The predicted molar refractivity (Wildman–Crippen MR) is 138 cm³/mol. The second-order valence-corrected chi connectivity index (χ2v) is 11.3. The van der Waals surface area contributed by atoms with Gasteiger partial charge in [-0.2, -0.15) is 0 Å². The van der Waals surface area contributed by atoms with E-state index in [1.54, 1.807) is 6.92 Å². The van der Waals surface area contributed by atoms with E-state index >= 15 is 0 Å². The molecule has 0 rings (SSSR count). The second-order valence-electron chi connectivity index (χ2n) is 11.3. The van der Waals surface area contributed by atoms with E-state index in [1.807, 2.05) is 4.90 Å². The lowest BCUT2D eigenvalue weighted by atomic mass is 9.98. The van der Waals surface area contributed by atoms with Gasteiger partial charge in [-0.25, -0.2) is 9.59 Å². The molecular formula is C27H53NO7. The Bertz CT molecular complexity index is 500. The first kappa shape index (κ1) is 33.5. The van der Waals surface area contributed by atoms with Gasteiger partial charge in [0.05, 0.1) is 6.10 Å². The summed E-state index contributed by atoms with van der Waals surface area (Å²) in [6, 6.07) is 0. The first-order valence-electron chi connectivity index (χ1n) is 13.4. The van der Waals surface area contributed by atoms with Gasteiger partial charge in [-0.3, -0.25) is 4.90 Å². The highest BCUT2D eigenvalue weighted by Crippen LogP contribution is 2.18. The Hall–Kier alpha value is -1.54. The number of aliphatic hydroxyl groups is 1. The zero-order chi connectivity index (χ0) is 27.0. The highest BCUT2D eigenvalue weighted by atomic mass is 16.7. The Labute approximate surface area is 214 Å². The van der Waals surface area contributed by atoms with Gasteiger partial charge in [0.2, 0.25) is 0 Å². The molecule has 0 aliphatic rings. The van der Waals surface area contributed by atoms with Gasteiger partial charge < -0.3 is 24.1 Å². The number of aliphatic hydroxyl groups excluding tert-OH is 1. The van der Waals surface area contributed by atoms with Gasteiger partial charge in [-0.05, 0) is 56.3 Å². The third-order valence-electron chi connectivity index (χ3n) is 5.24. The zero-order valence-corrected chi connectivity index (χ0v) is 23.7. The maximum atomic E-state index is 12.2. The van der Waals surface area contributed by atoms with E-state index in [0.29, 0.717) is 43.3 Å². The van der Waals surface area contributed by atoms with Gasteiger partial charge >= 0.3 is 12.3 Å². The fourth-order valence-electron chi connectivity index (χ4n) is 4.01. The Morgan fingerprint density at radius 1 is 0.629 bits per heavy atom. The molecule has 8 heteroatoms. The van der Waals surface area contributed by atoms with E-state index in [9.17, 15) is 14.7 Å². The van der Waals surface area contributed by atoms with Gasteiger partial charge in [0.15, 0.2) is 0 Å². The molecule has 1 atom stereocenters. The average molecular weight is 504 g/mol. The van der Waals surface area contributed by atoms with Crippen LogP contribution in [0.1, 0.15) is 88.0 Å². The summed E-state index contributed by atoms with van der Waals surface area (Å²) in [7, 11) is 0. The van der Waals surface area contributed by atoms with Gasteiger partial charge in [-0.1, -0.05) is 55.4 Å². The highest BCUT2D eigenvalue weighted by Gasteiger charge is 2.20. The molecule has 0 fully saturated rings. The summed E-state index contributed by atoms with van der Waals surface area (Å²) in [5, 5.41) is 9.81. The quantitative estimate of drug-likeness (QED) is 0.231. The molecule has 0 heterocycles. The number of rotatable bonds is 18. The lowest BCUT2D eigenvalue weighted by Gasteiger charge is -2.24. The van der Waals surface area contributed by atoms with Crippen LogP contribution in [0.2, 0.25) is 0 Å². The van der Waals surface area contributed by atoms with Crippen molar-refractivity contribution in [2.75, 3.05) is 32.8 Å². The van der Waals surface area contributed by atoms with E-state index in [0.717, 1.165) is 25.7 Å². The van der Waals surface area contributed by atoms with E-state index in [-0.39, 0.29) is 25.4 Å². The molecule has 0 aromatic heterocycles. The molecule has 0 radical (unpaired) electrons. The molecular weight excluding hydrogens is 450 g/mol. The van der Waals surface area contributed by atoms with Gasteiger partial charge in [-0.15, -0.1) is 0 Å². The van der Waals surface area contributed by atoms with Gasteiger partial charge in [0.25, 0.3) is 0 Å². The molecule has 208 valence electrons. The average Bonchev–Trinajstić information content (AvgIpc) is 2.64. The van der Waals surface area contributed by atoms with E-state index < -0.39 is 18.4 Å². The SMILES string of the molecule is CC(C)CC(CC(C)C)OC(=O)OCCN(CCOC(=O)OC(CC(C)C)CC(C)C)CC(C)O. The van der Waals surface area contributed by atoms with Gasteiger partial charge in [0.1, 0.15) is 25.4 Å². The summed E-state index contributed by atoms with van der Waals surface area (Å²) in [6.45, 7) is 19.9. The first-order chi connectivity index (χ1) is 16.3. The summed E-state index contributed by atoms with van der Waals surface area (Å²) < 4.78 is 21.6. The summed E-state index contributed by atoms with van der Waals surface area (Å²) in [5.41, 5.74) is 0. The number of carbonyl (C=O) groups excluding carboxylic acids is 2. The topological polar surface area (TPSA) is 94.5 Å². The smallest absolute Gasteiger partial charge is 0.433 e. The maximum absolute atomic E-state index is 12.2. The zero-order valence-electron chi connectivity index (χ0n) is 23.7. The molecule has 0 aliphatic carbocycles. The minimum absolute atomic E-state index is 0.122. The van der Waals surface area contributed by atoms with Crippen molar-refractivity contribution in [3.8, 4) is 0 Å². The summed E-state index contributed by atoms with van der Waals surface area (Å²) in [6.07, 6.45) is 0.944. The minimum Gasteiger partial charge on any atom is -0.433 e. The van der Waals surface area contributed by atoms with E-state index in [4.69, 9.17) is 18.9 Å². The molecule has 1 unspecified atom stereocenters. The lowest BCUT2D eigenvalue weighted by molar-refractivity contribution is -0.00281. The molecule has 0 aliphatic heterocycles. The van der Waals surface area contributed by atoms with Crippen LogP contribution in [-0.4, -0.2) is 73.5 Å². The van der Waals surface area contributed by atoms with Crippen molar-refractivity contribution in [2.24, 2.45) is 23.7 Å². The number of ether oxygens (including phenoxy) is 4. The normalized spacial score (nSPS) is 12.9. The van der Waals surface area contributed by atoms with Crippen molar-refractivity contribution < 1.29 is 33.6 Å². The van der Waals surface area contributed by atoms with Gasteiger partial charge in [0, 0.05) is 19.6 Å². The van der Waals surface area contributed by atoms with Crippen LogP contribution < -0.4 is 0 Å². The van der Waals surface area contributed by atoms with Crippen LogP contribution in [0.5, 0.6) is 0 Å². The van der Waals surface area contributed by atoms with Crippen LogP contribution >= 0.6 is 0 Å². The van der Waals surface area contributed by atoms with Crippen LogP contribution in [0, 0.1) is 23.7 Å². The molecule has 35 heavy (non-hydrogen) atoms. The van der Waals surface area contributed by atoms with Crippen LogP contribution in [0.25, 0.3) is 0 Å². The van der Waals surface area contributed by atoms with Crippen molar-refractivity contribution in [3.05, 3.63) is 0 Å². The third kappa shape index (κ3) is 20.4. The predicted octanol–water partition coefficient (Wildman–Crippen LogP) is 5.90. The first-order valence-corrected chi connectivity index (χ1v) is 13.4. The summed E-state index contributed by atoms with van der Waals surface area (Å²) in [5.74, 6) is 1.69. The molecule has 0 amide bonds. The maximum Gasteiger partial charge on any atom is 0.508 e. The molecule has 0 aromatic rings. The van der Waals surface area contributed by atoms with Crippen molar-refractivity contribution in [3.63, 3.8) is 0 Å². The standard InChI is InChI=1S/C27H53NO7/c1-19(2)14-24(15-20(3)4)34-26(30)32-12-10-28(18-23(9)29)11-13-33-27(31)35-25(16-21(5)6)17-22(7)8/h19-25,29H,10-18H2,1-9H3. The van der Waals surface area contributed by atoms with Crippen LogP contribution in [0.4, 0.5) is 9.59 Å². The molecule has 1 N–H and O–H groups in total. The molecule has 0 aromatic carbocycles.